The quantitative estimate of drug-likeness (QED) is 0.812. The normalized spacial score (nSPS) is 17.4. The molecular formula is C11H18N4O2. The predicted molar refractivity (Wildman–Crippen MR) is 61.3 cm³/mol. The summed E-state index contributed by atoms with van der Waals surface area (Å²) in [6.45, 7) is 4.19. The fraction of sp³-hybridized carbons (Fsp3) is 0.727. The van der Waals surface area contributed by atoms with Gasteiger partial charge in [-0.1, -0.05) is 5.16 Å². The highest BCUT2D eigenvalue weighted by Gasteiger charge is 2.19. The molecule has 94 valence electrons. The minimum absolute atomic E-state index is 0.176. The van der Waals surface area contributed by atoms with E-state index < -0.39 is 0 Å². The number of nitrogens with one attached hydrogen (secondary N) is 1. The number of hydrogen-bond acceptors (Lipinski definition) is 5. The van der Waals surface area contributed by atoms with Crippen molar-refractivity contribution in [3.8, 4) is 0 Å². The average Bonchev–Trinajstić information content (AvgIpc) is 2.83. The van der Waals surface area contributed by atoms with E-state index in [0.717, 1.165) is 44.7 Å². The van der Waals surface area contributed by atoms with Crippen LogP contribution >= 0.6 is 0 Å². The Balaban J connectivity index is 1.63. The molecule has 0 aromatic carbocycles. The van der Waals surface area contributed by atoms with E-state index in [1.807, 2.05) is 4.90 Å². The van der Waals surface area contributed by atoms with Gasteiger partial charge in [0.15, 0.2) is 5.82 Å². The molecule has 0 atom stereocenters. The SMILES string of the molecule is CC(=O)N1CCC(NCCc2ncon2)CC1. The van der Waals surface area contributed by atoms with Gasteiger partial charge in [0.25, 0.3) is 0 Å². The molecule has 1 aliphatic heterocycles. The Kier molecular flexibility index (Phi) is 4.08. The molecule has 17 heavy (non-hydrogen) atoms. The van der Waals surface area contributed by atoms with Crippen molar-refractivity contribution in [3.63, 3.8) is 0 Å². The maximum atomic E-state index is 11.2. The van der Waals surface area contributed by atoms with Gasteiger partial charge in [-0.05, 0) is 12.8 Å². The molecule has 0 spiro atoms. The lowest BCUT2D eigenvalue weighted by atomic mass is 10.1. The molecule has 0 saturated carbocycles. The number of amides is 1. The first-order chi connectivity index (χ1) is 8.25. The van der Waals surface area contributed by atoms with Crippen LogP contribution < -0.4 is 5.32 Å². The van der Waals surface area contributed by atoms with E-state index >= 15 is 0 Å². The number of nitrogens with zero attached hydrogens (tertiary/aromatic N) is 3. The molecule has 0 unspecified atom stereocenters. The second kappa shape index (κ2) is 5.77. The summed E-state index contributed by atoms with van der Waals surface area (Å²) in [4.78, 5) is 17.0. The lowest BCUT2D eigenvalue weighted by Gasteiger charge is -2.31. The molecule has 1 saturated heterocycles. The van der Waals surface area contributed by atoms with E-state index in [1.165, 1.54) is 6.39 Å². The minimum atomic E-state index is 0.176. The van der Waals surface area contributed by atoms with Gasteiger partial charge in [-0.3, -0.25) is 4.79 Å². The fourth-order valence-corrected chi connectivity index (χ4v) is 2.09. The zero-order valence-electron chi connectivity index (χ0n) is 10.1. The lowest BCUT2D eigenvalue weighted by Crippen LogP contribution is -2.44. The van der Waals surface area contributed by atoms with E-state index in [1.54, 1.807) is 6.92 Å². The highest BCUT2D eigenvalue weighted by molar-refractivity contribution is 5.73. The molecule has 6 nitrogen and oxygen atoms in total. The zero-order chi connectivity index (χ0) is 12.1. The van der Waals surface area contributed by atoms with Crippen LogP contribution in [0.1, 0.15) is 25.6 Å². The number of piperidine rings is 1. The Labute approximate surface area is 100 Å². The Morgan fingerprint density at radius 3 is 2.94 bits per heavy atom. The largest absolute Gasteiger partial charge is 0.343 e. The number of rotatable bonds is 4. The molecule has 0 bridgehead atoms. The molecule has 1 aromatic heterocycles. The summed E-state index contributed by atoms with van der Waals surface area (Å²) in [5, 5.41) is 7.21. The van der Waals surface area contributed by atoms with Crippen molar-refractivity contribution in [1.82, 2.24) is 20.4 Å². The van der Waals surface area contributed by atoms with Crippen molar-refractivity contribution >= 4 is 5.91 Å². The van der Waals surface area contributed by atoms with Gasteiger partial charge in [-0.25, -0.2) is 0 Å². The van der Waals surface area contributed by atoms with Crippen molar-refractivity contribution in [1.29, 1.82) is 0 Å². The van der Waals surface area contributed by atoms with E-state index in [9.17, 15) is 4.79 Å². The summed E-state index contributed by atoms with van der Waals surface area (Å²) in [6, 6.07) is 0.498. The van der Waals surface area contributed by atoms with Crippen LogP contribution in [0.3, 0.4) is 0 Å². The van der Waals surface area contributed by atoms with Gasteiger partial charge < -0.3 is 14.7 Å². The third-order valence-electron chi connectivity index (χ3n) is 3.13. The topological polar surface area (TPSA) is 71.3 Å². The number of carbonyl (C=O) groups is 1. The molecule has 1 amide bonds. The first-order valence-electron chi connectivity index (χ1n) is 6.00. The lowest BCUT2D eigenvalue weighted by molar-refractivity contribution is -0.129. The third kappa shape index (κ3) is 3.52. The highest BCUT2D eigenvalue weighted by Crippen LogP contribution is 2.10. The van der Waals surface area contributed by atoms with Gasteiger partial charge in [0.2, 0.25) is 12.3 Å². The number of carbonyl (C=O) groups excluding carboxylic acids is 1. The maximum absolute atomic E-state index is 11.2. The van der Waals surface area contributed by atoms with Crippen molar-refractivity contribution < 1.29 is 9.32 Å². The molecule has 1 N–H and O–H groups in total. The Hall–Kier alpha value is -1.43. The molecule has 2 heterocycles. The molecular weight excluding hydrogens is 220 g/mol. The van der Waals surface area contributed by atoms with Gasteiger partial charge in [0.05, 0.1) is 0 Å². The molecule has 6 heteroatoms. The van der Waals surface area contributed by atoms with Crippen LogP contribution in [0.5, 0.6) is 0 Å². The van der Waals surface area contributed by atoms with Gasteiger partial charge in [0, 0.05) is 39.0 Å². The second-order valence-electron chi connectivity index (χ2n) is 4.33. The van der Waals surface area contributed by atoms with Crippen LogP contribution in [-0.2, 0) is 11.2 Å². The van der Waals surface area contributed by atoms with Crippen molar-refractivity contribution in [3.05, 3.63) is 12.2 Å². The smallest absolute Gasteiger partial charge is 0.219 e. The van der Waals surface area contributed by atoms with Gasteiger partial charge in [-0.15, -0.1) is 0 Å². The Bertz CT molecular complexity index is 344. The van der Waals surface area contributed by atoms with Crippen molar-refractivity contribution in [2.45, 2.75) is 32.2 Å². The summed E-state index contributed by atoms with van der Waals surface area (Å²) in [5.74, 6) is 0.911. The zero-order valence-corrected chi connectivity index (χ0v) is 10.1. The number of aromatic nitrogens is 2. The predicted octanol–water partition coefficient (Wildman–Crippen LogP) is 0.213. The summed E-state index contributed by atoms with van der Waals surface area (Å²) >= 11 is 0. The van der Waals surface area contributed by atoms with E-state index in [-0.39, 0.29) is 5.91 Å². The van der Waals surface area contributed by atoms with Crippen LogP contribution in [0.15, 0.2) is 10.9 Å². The second-order valence-corrected chi connectivity index (χ2v) is 4.33. The molecule has 1 aliphatic rings. The van der Waals surface area contributed by atoms with Crippen LogP contribution in [0, 0.1) is 0 Å². The van der Waals surface area contributed by atoms with Crippen molar-refractivity contribution in [2.75, 3.05) is 19.6 Å². The van der Waals surface area contributed by atoms with Crippen LogP contribution in [-0.4, -0.2) is 46.6 Å². The summed E-state index contributed by atoms with van der Waals surface area (Å²) < 4.78 is 4.66. The van der Waals surface area contributed by atoms with E-state index in [0.29, 0.717) is 6.04 Å². The van der Waals surface area contributed by atoms with Crippen LogP contribution in [0.4, 0.5) is 0 Å². The minimum Gasteiger partial charge on any atom is -0.343 e. The summed E-state index contributed by atoms with van der Waals surface area (Å²) in [7, 11) is 0. The van der Waals surface area contributed by atoms with Crippen LogP contribution in [0.25, 0.3) is 0 Å². The van der Waals surface area contributed by atoms with Gasteiger partial charge >= 0.3 is 0 Å². The average molecular weight is 238 g/mol. The molecule has 1 aromatic rings. The molecule has 1 fully saturated rings. The van der Waals surface area contributed by atoms with E-state index in [2.05, 4.69) is 20.0 Å². The fourth-order valence-electron chi connectivity index (χ4n) is 2.09. The Morgan fingerprint density at radius 2 is 2.35 bits per heavy atom. The van der Waals surface area contributed by atoms with Crippen LogP contribution in [0.2, 0.25) is 0 Å². The molecule has 2 rings (SSSR count). The standard InChI is InChI=1S/C11H18N4O2/c1-9(16)15-6-3-10(4-7-15)12-5-2-11-13-8-17-14-11/h8,10,12H,2-7H2,1H3. The Morgan fingerprint density at radius 1 is 1.59 bits per heavy atom. The number of hydrogen-bond donors (Lipinski definition) is 1. The summed E-state index contributed by atoms with van der Waals surface area (Å²) in [5.41, 5.74) is 0. The highest BCUT2D eigenvalue weighted by atomic mass is 16.5. The first-order valence-corrected chi connectivity index (χ1v) is 6.00. The molecule has 0 radical (unpaired) electrons. The summed E-state index contributed by atoms with van der Waals surface area (Å²) in [6.07, 6.45) is 4.17. The number of likely N-dealkylation sites (tertiary alicyclic amines) is 1. The van der Waals surface area contributed by atoms with Gasteiger partial charge in [0.1, 0.15) is 0 Å². The van der Waals surface area contributed by atoms with Gasteiger partial charge in [-0.2, -0.15) is 4.98 Å². The maximum Gasteiger partial charge on any atom is 0.219 e. The monoisotopic (exact) mass is 238 g/mol. The molecule has 0 aliphatic carbocycles. The van der Waals surface area contributed by atoms with Crippen molar-refractivity contribution in [2.24, 2.45) is 0 Å². The van der Waals surface area contributed by atoms with E-state index in [4.69, 9.17) is 0 Å². The third-order valence-corrected chi connectivity index (χ3v) is 3.13. The first kappa shape index (κ1) is 12.0.